The zero-order chi connectivity index (χ0) is 25.9. The van der Waals surface area contributed by atoms with Crippen LogP contribution in [0.5, 0.6) is 0 Å². The number of rotatable bonds is 5. The maximum absolute atomic E-state index is 15.2. The van der Waals surface area contributed by atoms with Gasteiger partial charge in [-0.1, -0.05) is 35.4 Å². The number of benzene rings is 1. The summed E-state index contributed by atoms with van der Waals surface area (Å²) in [5.41, 5.74) is 4.35. The van der Waals surface area contributed by atoms with Crippen LogP contribution in [-0.4, -0.2) is 42.8 Å². The molecule has 0 saturated carbocycles. The van der Waals surface area contributed by atoms with E-state index in [1.165, 1.54) is 11.6 Å². The molecule has 190 valence electrons. The first-order valence-corrected chi connectivity index (χ1v) is 12.6. The van der Waals surface area contributed by atoms with Gasteiger partial charge in [0.1, 0.15) is 11.6 Å². The highest BCUT2D eigenvalue weighted by Gasteiger charge is 2.37. The van der Waals surface area contributed by atoms with Crippen molar-refractivity contribution in [3.8, 4) is 0 Å². The Balaban J connectivity index is 1.46. The van der Waals surface area contributed by atoms with Crippen LogP contribution in [0.4, 0.5) is 10.1 Å². The van der Waals surface area contributed by atoms with Crippen molar-refractivity contribution in [3.05, 3.63) is 99.7 Å². The van der Waals surface area contributed by atoms with Gasteiger partial charge < -0.3 is 15.2 Å². The van der Waals surface area contributed by atoms with Crippen molar-refractivity contribution in [2.24, 2.45) is 21.8 Å². The molecule has 8 heteroatoms. The minimum absolute atomic E-state index is 0.0135. The number of hydrogen-bond donors (Lipinski definition) is 2. The Morgan fingerprint density at radius 3 is 2.78 bits per heavy atom. The quantitative estimate of drug-likeness (QED) is 0.473. The molecule has 4 aliphatic rings. The molecule has 1 aromatic carbocycles. The van der Waals surface area contributed by atoms with Gasteiger partial charge in [0.25, 0.3) is 0 Å². The van der Waals surface area contributed by atoms with E-state index >= 15 is 4.39 Å². The fourth-order valence-corrected chi connectivity index (χ4v) is 5.39. The number of aliphatic imine (C=N–C) groups is 2. The Labute approximate surface area is 220 Å². The maximum atomic E-state index is 15.2. The number of carboxylic acids is 1. The van der Waals surface area contributed by atoms with E-state index in [1.54, 1.807) is 37.5 Å². The molecule has 5 rings (SSSR count). The summed E-state index contributed by atoms with van der Waals surface area (Å²) in [4.78, 5) is 20.7. The molecule has 0 amide bonds. The fourth-order valence-electron chi connectivity index (χ4n) is 5.18. The highest BCUT2D eigenvalue weighted by molar-refractivity contribution is 6.31. The molecular weight excluding hydrogens is 493 g/mol. The Hall–Kier alpha value is -3.55. The van der Waals surface area contributed by atoms with Gasteiger partial charge in [0.15, 0.2) is 0 Å². The number of fused-ring (bicyclic) bond motifs is 2. The van der Waals surface area contributed by atoms with Gasteiger partial charge in [-0.15, -0.1) is 0 Å². The third-order valence-corrected chi connectivity index (χ3v) is 7.26. The van der Waals surface area contributed by atoms with E-state index in [-0.39, 0.29) is 23.2 Å². The fraction of sp³-hybridized carbons (Fsp3) is 0.276. The van der Waals surface area contributed by atoms with E-state index in [4.69, 9.17) is 31.4 Å². The van der Waals surface area contributed by atoms with Gasteiger partial charge in [0, 0.05) is 41.5 Å². The second-order valence-electron chi connectivity index (χ2n) is 9.23. The molecule has 37 heavy (non-hydrogen) atoms. The summed E-state index contributed by atoms with van der Waals surface area (Å²) in [5, 5.41) is 13.0. The van der Waals surface area contributed by atoms with Crippen LogP contribution < -0.4 is 5.32 Å². The van der Waals surface area contributed by atoms with Crippen LogP contribution in [0.3, 0.4) is 0 Å². The average Bonchev–Trinajstić information content (AvgIpc) is 3.02. The van der Waals surface area contributed by atoms with Crippen LogP contribution in [0.2, 0.25) is 0 Å². The molecule has 0 fully saturated rings. The van der Waals surface area contributed by atoms with Crippen molar-refractivity contribution in [2.75, 3.05) is 19.0 Å². The van der Waals surface area contributed by atoms with Crippen LogP contribution in [-0.2, 0) is 4.74 Å². The van der Waals surface area contributed by atoms with E-state index in [9.17, 15) is 4.79 Å². The monoisotopic (exact) mass is 519 g/mol. The van der Waals surface area contributed by atoms with E-state index in [0.717, 1.165) is 24.1 Å². The second kappa shape index (κ2) is 10.8. The first kappa shape index (κ1) is 25.1. The topological polar surface area (TPSA) is 83.3 Å². The van der Waals surface area contributed by atoms with Crippen LogP contribution in [0, 0.1) is 11.8 Å². The molecule has 0 bridgehead atoms. The van der Waals surface area contributed by atoms with E-state index in [0.29, 0.717) is 35.1 Å². The van der Waals surface area contributed by atoms with Crippen LogP contribution in [0.15, 0.2) is 104 Å². The number of carbonyl (C=O) groups is 1. The minimum atomic E-state index is -0.967. The van der Waals surface area contributed by atoms with Gasteiger partial charge in [0.2, 0.25) is 0 Å². The number of allylic oxidation sites excluding steroid dienone is 8. The molecule has 2 heterocycles. The number of aromatic carboxylic acids is 1. The van der Waals surface area contributed by atoms with E-state index < -0.39 is 12.1 Å². The Bertz CT molecular complexity index is 1350. The van der Waals surface area contributed by atoms with Crippen LogP contribution in [0.1, 0.15) is 29.6 Å². The highest BCUT2D eigenvalue weighted by atomic mass is 35.5. The standard InChI is InChI=1S/C29H27ClFN3O3/c1-37-25-6-3-5-24(31)27(25)28-23-14-19(30)10-13-22(23)21-4-2-7-26(32-15-18(21)16-33-28)34-20-11-8-17(9-12-20)29(35)36/h3,5,7-15,22-23,25,34H,2,4,6,16H2,1H3,(H,35,36)/b26-7+,32-15?. The molecule has 2 aliphatic heterocycles. The summed E-state index contributed by atoms with van der Waals surface area (Å²) in [5.74, 6) is -0.824. The van der Waals surface area contributed by atoms with Crippen LogP contribution >= 0.6 is 11.6 Å². The smallest absolute Gasteiger partial charge is 0.335 e. The van der Waals surface area contributed by atoms with E-state index in [2.05, 4.69) is 11.4 Å². The van der Waals surface area contributed by atoms with Crippen molar-refractivity contribution in [1.29, 1.82) is 0 Å². The summed E-state index contributed by atoms with van der Waals surface area (Å²) in [6.07, 6.45) is 14.8. The largest absolute Gasteiger partial charge is 0.478 e. The van der Waals surface area contributed by atoms with Crippen molar-refractivity contribution in [3.63, 3.8) is 0 Å². The van der Waals surface area contributed by atoms with Crippen LogP contribution in [0.25, 0.3) is 0 Å². The lowest BCUT2D eigenvalue weighted by Crippen LogP contribution is -2.31. The number of halogens is 2. The molecule has 1 aromatic rings. The molecule has 2 aliphatic carbocycles. The van der Waals surface area contributed by atoms with Gasteiger partial charge in [-0.05, 0) is 67.3 Å². The second-order valence-corrected chi connectivity index (χ2v) is 9.67. The van der Waals surface area contributed by atoms with Crippen molar-refractivity contribution >= 4 is 35.2 Å². The molecule has 3 atom stereocenters. The van der Waals surface area contributed by atoms with Crippen molar-refractivity contribution in [2.45, 2.75) is 25.4 Å². The molecule has 0 aromatic heterocycles. The van der Waals surface area contributed by atoms with Gasteiger partial charge in [0.05, 0.1) is 23.9 Å². The number of anilines is 1. The highest BCUT2D eigenvalue weighted by Crippen LogP contribution is 2.41. The summed E-state index contributed by atoms with van der Waals surface area (Å²) >= 11 is 6.43. The van der Waals surface area contributed by atoms with Gasteiger partial charge in [-0.3, -0.25) is 4.99 Å². The minimum Gasteiger partial charge on any atom is -0.478 e. The Morgan fingerprint density at radius 2 is 2.03 bits per heavy atom. The Morgan fingerprint density at radius 1 is 1.22 bits per heavy atom. The summed E-state index contributed by atoms with van der Waals surface area (Å²) in [6.45, 7) is 0.373. The number of carboxylic acid groups (broad SMARTS) is 1. The molecule has 0 saturated heterocycles. The predicted octanol–water partition coefficient (Wildman–Crippen LogP) is 6.38. The lowest BCUT2D eigenvalue weighted by Gasteiger charge is -2.31. The summed E-state index contributed by atoms with van der Waals surface area (Å²) < 4.78 is 20.8. The first-order chi connectivity index (χ1) is 17.9. The van der Waals surface area contributed by atoms with Crippen molar-refractivity contribution < 1.29 is 19.0 Å². The summed E-state index contributed by atoms with van der Waals surface area (Å²) in [7, 11) is 1.59. The average molecular weight is 520 g/mol. The third kappa shape index (κ3) is 5.29. The predicted molar refractivity (Wildman–Crippen MR) is 145 cm³/mol. The lowest BCUT2D eigenvalue weighted by molar-refractivity contribution is 0.0697. The zero-order valence-corrected chi connectivity index (χ0v) is 21.1. The van der Waals surface area contributed by atoms with Gasteiger partial charge in [-0.25, -0.2) is 14.2 Å². The number of methoxy groups -OCH3 is 1. The molecule has 0 radical (unpaired) electrons. The number of nitrogens with zero attached hydrogens (tertiary/aromatic N) is 2. The SMILES string of the molecule is COC1CC=CC(F)=C1C1=NCC2=C(CC/C=C(/Nc3ccc(C(=O)O)cc3)N=C2)C2C=CC(Cl)=CC12. The third-order valence-electron chi connectivity index (χ3n) is 7.01. The maximum Gasteiger partial charge on any atom is 0.335 e. The number of hydrogen-bond acceptors (Lipinski definition) is 5. The summed E-state index contributed by atoms with van der Waals surface area (Å²) in [6, 6.07) is 6.53. The molecule has 6 nitrogen and oxygen atoms in total. The lowest BCUT2D eigenvalue weighted by atomic mass is 9.74. The zero-order valence-electron chi connectivity index (χ0n) is 20.3. The molecule has 2 N–H and O–H groups in total. The van der Waals surface area contributed by atoms with Gasteiger partial charge in [-0.2, -0.15) is 0 Å². The van der Waals surface area contributed by atoms with Gasteiger partial charge >= 0.3 is 5.97 Å². The first-order valence-electron chi connectivity index (χ1n) is 12.2. The van der Waals surface area contributed by atoms with E-state index in [1.807, 2.05) is 24.4 Å². The number of ether oxygens (including phenoxy) is 1. The molecule has 0 spiro atoms. The Kier molecular flexibility index (Phi) is 7.35. The number of nitrogens with one attached hydrogen (secondary N) is 1. The normalized spacial score (nSPS) is 26.7. The molecule has 3 unspecified atom stereocenters. The van der Waals surface area contributed by atoms with Crippen molar-refractivity contribution in [1.82, 2.24) is 0 Å². The molecular formula is C29H27ClFN3O3.